The Balaban J connectivity index is 2.16. The van der Waals surface area contributed by atoms with E-state index in [2.05, 4.69) is 20.8 Å². The lowest BCUT2D eigenvalue weighted by molar-refractivity contribution is -0.131. The predicted molar refractivity (Wildman–Crippen MR) is 63.6 cm³/mol. The van der Waals surface area contributed by atoms with Gasteiger partial charge in [-0.2, -0.15) is 0 Å². The second-order valence-corrected chi connectivity index (χ2v) is 4.38. The maximum Gasteiger partial charge on any atom is 0.248 e. The molecule has 0 radical (unpaired) electrons. The fourth-order valence-electron chi connectivity index (χ4n) is 1.13. The monoisotopic (exact) mass is 259 g/mol. The largest absolute Gasteiger partial charge is 0.369 e. The number of tetrazole rings is 1. The maximum atomic E-state index is 11.5. The number of carbonyl (C=O) groups is 1. The summed E-state index contributed by atoms with van der Waals surface area (Å²) in [4.78, 5) is 11.5. The van der Waals surface area contributed by atoms with Crippen molar-refractivity contribution in [2.24, 2.45) is 7.05 Å². The maximum absolute atomic E-state index is 11.5. The zero-order valence-corrected chi connectivity index (χ0v) is 11.0. The van der Waals surface area contributed by atoms with E-state index >= 15 is 0 Å². The number of aromatic nitrogens is 4. The van der Waals surface area contributed by atoms with E-state index in [1.54, 1.807) is 18.7 Å². The van der Waals surface area contributed by atoms with Crippen LogP contribution in [-0.4, -0.2) is 51.1 Å². The lowest BCUT2D eigenvalue weighted by Crippen LogP contribution is -2.35. The van der Waals surface area contributed by atoms with Crippen LogP contribution < -0.4 is 5.32 Å². The Kier molecular flexibility index (Phi) is 5.92. The standard InChI is InChI=1S/C9H17N5O2S/c1-4-16-7(2)8(15)10-5-6-17-9-11-12-13-14(9)3/h7H,4-6H2,1-3H3,(H,10,15). The van der Waals surface area contributed by atoms with Crippen molar-refractivity contribution in [2.45, 2.75) is 25.1 Å². The van der Waals surface area contributed by atoms with Crippen molar-refractivity contribution in [1.29, 1.82) is 0 Å². The number of rotatable bonds is 7. The molecule has 0 bridgehead atoms. The first-order valence-corrected chi connectivity index (χ1v) is 6.38. The number of nitrogens with zero attached hydrogens (tertiary/aromatic N) is 4. The van der Waals surface area contributed by atoms with E-state index in [4.69, 9.17) is 4.74 Å². The Morgan fingerprint density at radius 2 is 2.41 bits per heavy atom. The number of carbonyl (C=O) groups excluding carboxylic acids is 1. The van der Waals surface area contributed by atoms with Crippen LogP contribution in [0.3, 0.4) is 0 Å². The topological polar surface area (TPSA) is 81.9 Å². The molecule has 0 fully saturated rings. The summed E-state index contributed by atoms with van der Waals surface area (Å²) in [6.07, 6.45) is -0.401. The van der Waals surface area contributed by atoms with E-state index in [1.807, 2.05) is 6.92 Å². The van der Waals surface area contributed by atoms with Gasteiger partial charge in [0, 0.05) is 26.0 Å². The summed E-state index contributed by atoms with van der Waals surface area (Å²) in [5.74, 6) is 0.627. The number of thioether (sulfide) groups is 1. The van der Waals surface area contributed by atoms with Crippen molar-refractivity contribution in [3.8, 4) is 0 Å². The van der Waals surface area contributed by atoms with E-state index in [1.165, 1.54) is 11.8 Å². The average Bonchev–Trinajstić information content (AvgIpc) is 2.70. The third-order valence-electron chi connectivity index (χ3n) is 2.00. The number of ether oxygens (including phenoxy) is 1. The van der Waals surface area contributed by atoms with Crippen LogP contribution in [0.5, 0.6) is 0 Å². The first-order valence-electron chi connectivity index (χ1n) is 5.39. The molecule has 0 spiro atoms. The molecule has 17 heavy (non-hydrogen) atoms. The molecule has 0 aliphatic rings. The van der Waals surface area contributed by atoms with Crippen LogP contribution in [0.25, 0.3) is 0 Å². The molecule has 0 aromatic carbocycles. The second kappa shape index (κ2) is 7.23. The molecule has 7 nitrogen and oxygen atoms in total. The van der Waals surface area contributed by atoms with Crippen molar-refractivity contribution in [2.75, 3.05) is 18.9 Å². The third kappa shape index (κ3) is 4.70. The molecule has 1 aromatic rings. The smallest absolute Gasteiger partial charge is 0.248 e. The van der Waals surface area contributed by atoms with E-state index in [9.17, 15) is 4.79 Å². The van der Waals surface area contributed by atoms with Gasteiger partial charge in [0.15, 0.2) is 0 Å². The van der Waals surface area contributed by atoms with Crippen LogP contribution in [0.15, 0.2) is 5.16 Å². The van der Waals surface area contributed by atoms with Gasteiger partial charge in [-0.3, -0.25) is 4.79 Å². The van der Waals surface area contributed by atoms with Crippen molar-refractivity contribution in [3.63, 3.8) is 0 Å². The summed E-state index contributed by atoms with van der Waals surface area (Å²) in [6, 6.07) is 0. The first kappa shape index (κ1) is 13.9. The summed E-state index contributed by atoms with van der Waals surface area (Å²) >= 11 is 1.49. The highest BCUT2D eigenvalue weighted by atomic mass is 32.2. The summed E-state index contributed by atoms with van der Waals surface area (Å²) < 4.78 is 6.76. The zero-order valence-electron chi connectivity index (χ0n) is 10.2. The van der Waals surface area contributed by atoms with Crippen molar-refractivity contribution < 1.29 is 9.53 Å². The molecule has 1 unspecified atom stereocenters. The normalized spacial score (nSPS) is 12.4. The van der Waals surface area contributed by atoms with E-state index < -0.39 is 6.10 Å². The van der Waals surface area contributed by atoms with Gasteiger partial charge in [-0.15, -0.1) is 5.10 Å². The zero-order chi connectivity index (χ0) is 12.7. The van der Waals surface area contributed by atoms with Crippen LogP contribution in [0.2, 0.25) is 0 Å². The number of hydrogen-bond acceptors (Lipinski definition) is 6. The number of nitrogens with one attached hydrogen (secondary N) is 1. The van der Waals surface area contributed by atoms with E-state index in [0.717, 1.165) is 10.9 Å². The molecule has 0 saturated heterocycles. The fourth-order valence-corrected chi connectivity index (χ4v) is 1.83. The SMILES string of the molecule is CCOC(C)C(=O)NCCSc1nnnn1C. The molecule has 1 heterocycles. The Hall–Kier alpha value is -1.15. The Morgan fingerprint density at radius 3 is 3.00 bits per heavy atom. The molecular formula is C9H17N5O2S. The summed E-state index contributed by atoms with van der Waals surface area (Å²) in [7, 11) is 1.78. The first-order chi connectivity index (χ1) is 8.15. The highest BCUT2D eigenvalue weighted by Crippen LogP contribution is 2.10. The minimum absolute atomic E-state index is 0.0939. The van der Waals surface area contributed by atoms with Crippen LogP contribution in [0, 0.1) is 0 Å². The molecule has 0 aliphatic heterocycles. The minimum Gasteiger partial charge on any atom is -0.369 e. The van der Waals surface area contributed by atoms with Crippen LogP contribution in [0.4, 0.5) is 0 Å². The number of aryl methyl sites for hydroxylation is 1. The van der Waals surface area contributed by atoms with Crippen molar-refractivity contribution in [1.82, 2.24) is 25.5 Å². The number of amides is 1. The van der Waals surface area contributed by atoms with Gasteiger partial charge in [-0.25, -0.2) is 4.68 Å². The Morgan fingerprint density at radius 1 is 1.65 bits per heavy atom. The molecule has 96 valence electrons. The molecular weight excluding hydrogens is 242 g/mol. The van der Waals surface area contributed by atoms with Gasteiger partial charge in [-0.05, 0) is 24.3 Å². The lowest BCUT2D eigenvalue weighted by Gasteiger charge is -2.11. The molecule has 1 atom stereocenters. The van der Waals surface area contributed by atoms with Gasteiger partial charge >= 0.3 is 0 Å². The van der Waals surface area contributed by atoms with E-state index in [-0.39, 0.29) is 5.91 Å². The van der Waals surface area contributed by atoms with Crippen LogP contribution >= 0.6 is 11.8 Å². The summed E-state index contributed by atoms with van der Waals surface area (Å²) in [6.45, 7) is 4.70. The summed E-state index contributed by atoms with van der Waals surface area (Å²) in [5, 5.41) is 14.6. The van der Waals surface area contributed by atoms with Gasteiger partial charge in [-0.1, -0.05) is 11.8 Å². The van der Waals surface area contributed by atoms with Gasteiger partial charge < -0.3 is 10.1 Å². The lowest BCUT2D eigenvalue weighted by atomic mass is 10.4. The quantitative estimate of drug-likeness (QED) is 0.541. The molecule has 1 rings (SSSR count). The third-order valence-corrected chi connectivity index (χ3v) is 3.01. The summed E-state index contributed by atoms with van der Waals surface area (Å²) in [5.41, 5.74) is 0. The van der Waals surface area contributed by atoms with Crippen LogP contribution in [-0.2, 0) is 16.6 Å². The van der Waals surface area contributed by atoms with Crippen molar-refractivity contribution in [3.05, 3.63) is 0 Å². The number of hydrogen-bond donors (Lipinski definition) is 1. The van der Waals surface area contributed by atoms with Gasteiger partial charge in [0.1, 0.15) is 6.10 Å². The Bertz CT molecular complexity index is 357. The molecule has 0 saturated carbocycles. The van der Waals surface area contributed by atoms with E-state index in [0.29, 0.717) is 13.2 Å². The molecule has 0 aliphatic carbocycles. The van der Waals surface area contributed by atoms with Crippen LogP contribution in [0.1, 0.15) is 13.8 Å². The van der Waals surface area contributed by atoms with Gasteiger partial charge in [0.25, 0.3) is 0 Å². The van der Waals surface area contributed by atoms with Crippen molar-refractivity contribution >= 4 is 17.7 Å². The molecule has 1 amide bonds. The highest BCUT2D eigenvalue weighted by Gasteiger charge is 2.11. The molecule has 8 heteroatoms. The minimum atomic E-state index is -0.401. The molecule has 1 aromatic heterocycles. The molecule has 1 N–H and O–H groups in total. The predicted octanol–water partition coefficient (Wildman–Crippen LogP) is -0.157. The highest BCUT2D eigenvalue weighted by molar-refractivity contribution is 7.99. The second-order valence-electron chi connectivity index (χ2n) is 3.32. The fraction of sp³-hybridized carbons (Fsp3) is 0.778. The average molecular weight is 259 g/mol. The Labute approximate surface area is 104 Å². The van der Waals surface area contributed by atoms with Gasteiger partial charge in [0.05, 0.1) is 0 Å². The van der Waals surface area contributed by atoms with Gasteiger partial charge in [0.2, 0.25) is 11.1 Å².